The number of likely N-dealkylation sites (tertiary alicyclic amines) is 2. The number of amides is 1. The van der Waals surface area contributed by atoms with Crippen molar-refractivity contribution in [2.24, 2.45) is 17.6 Å². The third-order valence-electron chi connectivity index (χ3n) is 4.78. The summed E-state index contributed by atoms with van der Waals surface area (Å²) in [5.74, 6) is 0.613. The topological polar surface area (TPSA) is 75.9 Å². The first kappa shape index (κ1) is 16.2. The molecular weight excluding hydrogens is 270 g/mol. The highest BCUT2D eigenvalue weighted by Gasteiger charge is 2.29. The molecule has 2 fully saturated rings. The van der Waals surface area contributed by atoms with Gasteiger partial charge in [-0.3, -0.25) is 14.5 Å². The highest BCUT2D eigenvalue weighted by molar-refractivity contribution is 5.79. The molecule has 0 aromatic carbocycles. The number of hydrogen-bond donors (Lipinski definition) is 1. The Bertz CT molecular complexity index is 359. The predicted octanol–water partition coefficient (Wildman–Crippen LogP) is 0.0687. The second-order valence-electron chi connectivity index (χ2n) is 6.13. The fourth-order valence-corrected chi connectivity index (χ4v) is 3.20. The van der Waals surface area contributed by atoms with Crippen LogP contribution in [0.5, 0.6) is 0 Å². The van der Waals surface area contributed by atoms with Crippen LogP contribution in [-0.4, -0.2) is 68.1 Å². The summed E-state index contributed by atoms with van der Waals surface area (Å²) in [6.45, 7) is 4.51. The summed E-state index contributed by atoms with van der Waals surface area (Å²) >= 11 is 0. The average molecular weight is 297 g/mol. The minimum atomic E-state index is -0.147. The fraction of sp³-hybridized carbons (Fsp3) is 0.867. The Balaban J connectivity index is 1.71. The molecule has 0 spiro atoms. The highest BCUT2D eigenvalue weighted by Crippen LogP contribution is 2.20. The Kier molecular flexibility index (Phi) is 5.99. The molecule has 2 heterocycles. The van der Waals surface area contributed by atoms with Crippen LogP contribution in [0.1, 0.15) is 25.7 Å². The van der Waals surface area contributed by atoms with E-state index < -0.39 is 0 Å². The molecule has 120 valence electrons. The average Bonchev–Trinajstić information content (AvgIpc) is 2.55. The van der Waals surface area contributed by atoms with Gasteiger partial charge in [0.15, 0.2) is 0 Å². The number of nitrogens with zero attached hydrogens (tertiary/aromatic N) is 2. The molecule has 0 radical (unpaired) electrons. The summed E-state index contributed by atoms with van der Waals surface area (Å²) in [4.78, 5) is 27.9. The van der Waals surface area contributed by atoms with Crippen LogP contribution in [0.2, 0.25) is 0 Å². The van der Waals surface area contributed by atoms with E-state index >= 15 is 0 Å². The molecule has 0 unspecified atom stereocenters. The Morgan fingerprint density at radius 1 is 1.10 bits per heavy atom. The maximum absolute atomic E-state index is 12.3. The monoisotopic (exact) mass is 297 g/mol. The Morgan fingerprint density at radius 3 is 2.24 bits per heavy atom. The van der Waals surface area contributed by atoms with Gasteiger partial charge < -0.3 is 15.4 Å². The summed E-state index contributed by atoms with van der Waals surface area (Å²) in [5, 5.41) is 0. The van der Waals surface area contributed by atoms with E-state index in [-0.39, 0.29) is 17.8 Å². The normalized spacial score (nSPS) is 22.3. The van der Waals surface area contributed by atoms with Gasteiger partial charge in [0.2, 0.25) is 5.91 Å². The molecule has 6 nitrogen and oxygen atoms in total. The largest absolute Gasteiger partial charge is 0.469 e. The Morgan fingerprint density at radius 2 is 1.71 bits per heavy atom. The molecule has 2 N–H and O–H groups in total. The molecule has 6 heteroatoms. The van der Waals surface area contributed by atoms with Crippen molar-refractivity contribution >= 4 is 11.9 Å². The number of rotatable bonds is 4. The number of carbonyl (C=O) groups excluding carboxylic acids is 2. The van der Waals surface area contributed by atoms with Gasteiger partial charge in [-0.1, -0.05) is 0 Å². The molecule has 0 atom stereocenters. The van der Waals surface area contributed by atoms with Gasteiger partial charge in [-0.05, 0) is 51.2 Å². The molecule has 0 aromatic heterocycles. The van der Waals surface area contributed by atoms with Crippen LogP contribution in [-0.2, 0) is 14.3 Å². The van der Waals surface area contributed by atoms with E-state index in [1.165, 1.54) is 7.11 Å². The van der Waals surface area contributed by atoms with Crippen molar-refractivity contribution in [1.82, 2.24) is 9.80 Å². The number of carbonyl (C=O) groups is 2. The lowest BCUT2D eigenvalue weighted by molar-refractivity contribution is -0.149. The maximum Gasteiger partial charge on any atom is 0.308 e. The van der Waals surface area contributed by atoms with Gasteiger partial charge in [0.25, 0.3) is 0 Å². The van der Waals surface area contributed by atoms with Crippen molar-refractivity contribution < 1.29 is 14.3 Å². The van der Waals surface area contributed by atoms with Crippen molar-refractivity contribution in [3.8, 4) is 0 Å². The number of nitrogens with two attached hydrogens (primary N) is 1. The van der Waals surface area contributed by atoms with E-state index in [2.05, 4.69) is 4.90 Å². The van der Waals surface area contributed by atoms with Crippen LogP contribution >= 0.6 is 0 Å². The summed E-state index contributed by atoms with van der Waals surface area (Å²) in [6, 6.07) is 0. The maximum atomic E-state index is 12.3. The molecule has 2 aliphatic rings. The van der Waals surface area contributed by atoms with Crippen LogP contribution < -0.4 is 5.73 Å². The third-order valence-corrected chi connectivity index (χ3v) is 4.78. The smallest absolute Gasteiger partial charge is 0.308 e. The van der Waals surface area contributed by atoms with Gasteiger partial charge in [-0.2, -0.15) is 0 Å². The molecule has 0 saturated carbocycles. The summed E-state index contributed by atoms with van der Waals surface area (Å²) in [6.07, 6.45) is 3.61. The summed E-state index contributed by atoms with van der Waals surface area (Å²) in [5.41, 5.74) is 5.68. The van der Waals surface area contributed by atoms with Crippen LogP contribution in [0.3, 0.4) is 0 Å². The quantitative estimate of drug-likeness (QED) is 0.743. The van der Waals surface area contributed by atoms with Crippen molar-refractivity contribution in [2.45, 2.75) is 25.7 Å². The van der Waals surface area contributed by atoms with Crippen molar-refractivity contribution in [3.63, 3.8) is 0 Å². The van der Waals surface area contributed by atoms with E-state index in [9.17, 15) is 9.59 Å². The molecule has 0 bridgehead atoms. The fourth-order valence-electron chi connectivity index (χ4n) is 3.20. The lowest BCUT2D eigenvalue weighted by atomic mass is 9.96. The number of ether oxygens (including phenoxy) is 1. The first-order chi connectivity index (χ1) is 10.1. The van der Waals surface area contributed by atoms with Gasteiger partial charge in [0, 0.05) is 13.1 Å². The minimum absolute atomic E-state index is 0.0423. The van der Waals surface area contributed by atoms with Gasteiger partial charge in [0.1, 0.15) is 0 Å². The summed E-state index contributed by atoms with van der Waals surface area (Å²) < 4.78 is 4.77. The third kappa shape index (κ3) is 4.41. The standard InChI is InChI=1S/C15H27N3O3/c1-21-15(20)13-4-8-18(9-5-13)14(19)11-17-6-2-12(10-16)3-7-17/h12-13H,2-11,16H2,1H3. The predicted molar refractivity (Wildman–Crippen MR) is 79.5 cm³/mol. The minimum Gasteiger partial charge on any atom is -0.469 e. The van der Waals surface area contributed by atoms with Crippen LogP contribution in [0.4, 0.5) is 0 Å². The molecule has 2 rings (SSSR count). The number of esters is 1. The molecule has 21 heavy (non-hydrogen) atoms. The lowest BCUT2D eigenvalue weighted by Crippen LogP contribution is -2.47. The zero-order valence-corrected chi connectivity index (χ0v) is 12.9. The first-order valence-electron chi connectivity index (χ1n) is 7.92. The van der Waals surface area contributed by atoms with Gasteiger partial charge in [-0.15, -0.1) is 0 Å². The molecule has 2 aliphatic heterocycles. The molecule has 0 aromatic rings. The van der Waals surface area contributed by atoms with Gasteiger partial charge in [-0.25, -0.2) is 0 Å². The second kappa shape index (κ2) is 7.75. The van der Waals surface area contributed by atoms with Crippen molar-refractivity contribution in [1.29, 1.82) is 0 Å². The van der Waals surface area contributed by atoms with Crippen LogP contribution in [0.25, 0.3) is 0 Å². The molecule has 0 aliphatic carbocycles. The van der Waals surface area contributed by atoms with Crippen molar-refractivity contribution in [3.05, 3.63) is 0 Å². The van der Waals surface area contributed by atoms with Crippen molar-refractivity contribution in [2.75, 3.05) is 46.4 Å². The Labute approximate surface area is 126 Å². The Hall–Kier alpha value is -1.14. The van der Waals surface area contributed by atoms with Gasteiger partial charge in [0.05, 0.1) is 19.6 Å². The SMILES string of the molecule is COC(=O)C1CCN(C(=O)CN2CCC(CN)CC2)CC1. The van der Waals surface area contributed by atoms with E-state index in [0.717, 1.165) is 32.5 Å². The number of methoxy groups -OCH3 is 1. The van der Waals surface area contributed by atoms with Crippen LogP contribution in [0.15, 0.2) is 0 Å². The molecular formula is C15H27N3O3. The number of piperidine rings is 2. The second-order valence-corrected chi connectivity index (χ2v) is 6.13. The van der Waals surface area contributed by atoms with E-state index in [1.54, 1.807) is 0 Å². The lowest BCUT2D eigenvalue weighted by Gasteiger charge is -2.35. The van der Waals surface area contributed by atoms with E-state index in [4.69, 9.17) is 10.5 Å². The van der Waals surface area contributed by atoms with Gasteiger partial charge >= 0.3 is 5.97 Å². The van der Waals surface area contributed by atoms with E-state index in [1.807, 2.05) is 4.90 Å². The summed E-state index contributed by atoms with van der Waals surface area (Å²) in [7, 11) is 1.42. The van der Waals surface area contributed by atoms with E-state index in [0.29, 0.717) is 38.4 Å². The number of hydrogen-bond acceptors (Lipinski definition) is 5. The first-order valence-corrected chi connectivity index (χ1v) is 7.92. The highest BCUT2D eigenvalue weighted by atomic mass is 16.5. The molecule has 2 saturated heterocycles. The van der Waals surface area contributed by atoms with Crippen LogP contribution in [0, 0.1) is 11.8 Å². The molecule has 1 amide bonds. The zero-order chi connectivity index (χ0) is 15.2. The zero-order valence-electron chi connectivity index (χ0n) is 12.9.